The lowest BCUT2D eigenvalue weighted by Crippen LogP contribution is -2.24. The van der Waals surface area contributed by atoms with Crippen LogP contribution in [0.3, 0.4) is 0 Å². The summed E-state index contributed by atoms with van der Waals surface area (Å²) in [7, 11) is 0. The Hall–Kier alpha value is -1.65. The molecular weight excluding hydrogens is 238 g/mol. The third-order valence-corrected chi connectivity index (χ3v) is 3.71. The van der Waals surface area contributed by atoms with Crippen molar-refractivity contribution >= 4 is 11.0 Å². The first-order valence-electron chi connectivity index (χ1n) is 6.26. The second-order valence-corrected chi connectivity index (χ2v) is 4.85. The van der Waals surface area contributed by atoms with Crippen molar-refractivity contribution in [2.75, 3.05) is 0 Å². The monoisotopic (exact) mass is 252 g/mol. The quantitative estimate of drug-likeness (QED) is 0.832. The van der Waals surface area contributed by atoms with Crippen LogP contribution in [-0.2, 0) is 0 Å². The minimum atomic E-state index is -0.934. The molecule has 0 unspecified atom stereocenters. The molecule has 1 heterocycles. The molecule has 3 rings (SSSR count). The number of H-pyrrole nitrogens is 1. The van der Waals surface area contributed by atoms with Gasteiger partial charge in [-0.25, -0.2) is 13.6 Å². The summed E-state index contributed by atoms with van der Waals surface area (Å²) in [4.78, 5) is 14.5. The van der Waals surface area contributed by atoms with Gasteiger partial charge in [0.1, 0.15) is 5.52 Å². The number of nitrogens with zero attached hydrogens (tertiary/aromatic N) is 1. The minimum Gasteiger partial charge on any atom is -0.305 e. The highest BCUT2D eigenvalue weighted by atomic mass is 19.2. The predicted octanol–water partition coefficient (Wildman–Crippen LogP) is 3.11. The maximum atomic E-state index is 13.9. The Kier molecular flexibility index (Phi) is 2.69. The van der Waals surface area contributed by atoms with Crippen LogP contribution in [0.2, 0.25) is 0 Å². The normalized spacial score (nSPS) is 17.4. The van der Waals surface area contributed by atoms with Gasteiger partial charge in [-0.1, -0.05) is 19.3 Å². The molecule has 0 spiro atoms. The SMILES string of the molecule is O=c1[nH]c2ccc(F)c(F)c2n1C1CCCCC1. The number of hydrogen-bond donors (Lipinski definition) is 1. The molecule has 1 aromatic heterocycles. The van der Waals surface area contributed by atoms with E-state index in [1.165, 1.54) is 10.6 Å². The Morgan fingerprint density at radius 2 is 1.89 bits per heavy atom. The Bertz CT molecular complexity index is 638. The lowest BCUT2D eigenvalue weighted by molar-refractivity contribution is 0.351. The summed E-state index contributed by atoms with van der Waals surface area (Å²) in [6.07, 6.45) is 4.90. The number of benzene rings is 1. The van der Waals surface area contributed by atoms with Crippen molar-refractivity contribution in [3.05, 3.63) is 34.3 Å². The largest absolute Gasteiger partial charge is 0.326 e. The third-order valence-electron chi connectivity index (χ3n) is 3.71. The van der Waals surface area contributed by atoms with E-state index in [0.717, 1.165) is 38.2 Å². The van der Waals surface area contributed by atoms with Gasteiger partial charge >= 0.3 is 5.69 Å². The van der Waals surface area contributed by atoms with Gasteiger partial charge in [0.15, 0.2) is 11.6 Å². The van der Waals surface area contributed by atoms with Crippen LogP contribution in [0.15, 0.2) is 16.9 Å². The van der Waals surface area contributed by atoms with Crippen LogP contribution in [0.5, 0.6) is 0 Å². The fraction of sp³-hybridized carbons (Fsp3) is 0.462. The van der Waals surface area contributed by atoms with Crippen molar-refractivity contribution in [2.45, 2.75) is 38.1 Å². The molecule has 0 aliphatic heterocycles. The van der Waals surface area contributed by atoms with E-state index < -0.39 is 11.6 Å². The number of hydrogen-bond acceptors (Lipinski definition) is 1. The van der Waals surface area contributed by atoms with E-state index in [-0.39, 0.29) is 17.2 Å². The Morgan fingerprint density at radius 1 is 1.17 bits per heavy atom. The first-order valence-corrected chi connectivity index (χ1v) is 6.26. The molecule has 1 aliphatic carbocycles. The van der Waals surface area contributed by atoms with Crippen LogP contribution < -0.4 is 5.69 Å². The zero-order valence-corrected chi connectivity index (χ0v) is 9.88. The van der Waals surface area contributed by atoms with Crippen molar-refractivity contribution in [3.63, 3.8) is 0 Å². The standard InChI is InChI=1S/C13H14F2N2O/c14-9-6-7-10-12(11(9)15)17(13(18)16-10)8-4-2-1-3-5-8/h6-8H,1-5H2,(H,16,18). The van der Waals surface area contributed by atoms with E-state index >= 15 is 0 Å². The number of imidazole rings is 1. The summed E-state index contributed by atoms with van der Waals surface area (Å²) in [5.74, 6) is -1.84. The zero-order chi connectivity index (χ0) is 12.7. The van der Waals surface area contributed by atoms with Crippen LogP contribution >= 0.6 is 0 Å². The highest BCUT2D eigenvalue weighted by Crippen LogP contribution is 2.30. The van der Waals surface area contributed by atoms with Crippen molar-refractivity contribution in [3.8, 4) is 0 Å². The van der Waals surface area contributed by atoms with Gasteiger partial charge < -0.3 is 4.98 Å². The van der Waals surface area contributed by atoms with E-state index in [1.54, 1.807) is 0 Å². The summed E-state index contributed by atoms with van der Waals surface area (Å²) in [5.41, 5.74) is 0.0952. The van der Waals surface area contributed by atoms with Crippen LogP contribution in [0, 0.1) is 11.6 Å². The second kappa shape index (κ2) is 4.23. The maximum absolute atomic E-state index is 13.9. The maximum Gasteiger partial charge on any atom is 0.326 e. The third kappa shape index (κ3) is 1.65. The molecule has 0 amide bonds. The molecule has 0 bridgehead atoms. The van der Waals surface area contributed by atoms with E-state index in [2.05, 4.69) is 4.98 Å². The molecule has 18 heavy (non-hydrogen) atoms. The van der Waals surface area contributed by atoms with Gasteiger partial charge in [0, 0.05) is 6.04 Å². The van der Waals surface area contributed by atoms with Crippen molar-refractivity contribution < 1.29 is 8.78 Å². The summed E-state index contributed by atoms with van der Waals surface area (Å²) >= 11 is 0. The van der Waals surface area contributed by atoms with Gasteiger partial charge in [0.05, 0.1) is 5.52 Å². The molecule has 2 aromatic rings. The van der Waals surface area contributed by atoms with Gasteiger partial charge in [0.25, 0.3) is 0 Å². The lowest BCUT2D eigenvalue weighted by Gasteiger charge is -2.22. The molecular formula is C13H14F2N2O. The van der Waals surface area contributed by atoms with E-state index in [0.29, 0.717) is 5.52 Å². The zero-order valence-electron chi connectivity index (χ0n) is 9.88. The van der Waals surface area contributed by atoms with Crippen molar-refractivity contribution in [1.29, 1.82) is 0 Å². The van der Waals surface area contributed by atoms with Crippen LogP contribution in [0.25, 0.3) is 11.0 Å². The number of fused-ring (bicyclic) bond motifs is 1. The van der Waals surface area contributed by atoms with Gasteiger partial charge in [0.2, 0.25) is 0 Å². The molecule has 1 aliphatic rings. The molecule has 5 heteroatoms. The van der Waals surface area contributed by atoms with Crippen LogP contribution in [0.1, 0.15) is 38.1 Å². The van der Waals surface area contributed by atoms with Crippen molar-refractivity contribution in [1.82, 2.24) is 9.55 Å². The van der Waals surface area contributed by atoms with Crippen LogP contribution in [0.4, 0.5) is 8.78 Å². The lowest BCUT2D eigenvalue weighted by atomic mass is 9.95. The average Bonchev–Trinajstić information content (AvgIpc) is 2.72. The van der Waals surface area contributed by atoms with Crippen LogP contribution in [-0.4, -0.2) is 9.55 Å². The van der Waals surface area contributed by atoms with Gasteiger partial charge in [-0.2, -0.15) is 0 Å². The summed E-state index contributed by atoms with van der Waals surface area (Å²) < 4.78 is 28.6. The second-order valence-electron chi connectivity index (χ2n) is 4.85. The number of aromatic nitrogens is 2. The summed E-state index contributed by atoms with van der Waals surface area (Å²) in [6, 6.07) is 2.43. The van der Waals surface area contributed by atoms with Gasteiger partial charge in [-0.05, 0) is 25.0 Å². The Morgan fingerprint density at radius 3 is 2.61 bits per heavy atom. The van der Waals surface area contributed by atoms with Gasteiger partial charge in [-0.3, -0.25) is 4.57 Å². The fourth-order valence-electron chi connectivity index (χ4n) is 2.84. The molecule has 0 saturated heterocycles. The summed E-state index contributed by atoms with van der Waals surface area (Å²) in [6.45, 7) is 0. The molecule has 3 nitrogen and oxygen atoms in total. The first kappa shape index (κ1) is 11.4. The van der Waals surface area contributed by atoms with E-state index in [9.17, 15) is 13.6 Å². The molecule has 1 saturated carbocycles. The summed E-state index contributed by atoms with van der Waals surface area (Å²) in [5, 5.41) is 0. The molecule has 0 atom stereocenters. The molecule has 1 aromatic carbocycles. The Balaban J connectivity index is 2.23. The Labute approximate surface area is 102 Å². The van der Waals surface area contributed by atoms with Gasteiger partial charge in [-0.15, -0.1) is 0 Å². The fourth-order valence-corrected chi connectivity index (χ4v) is 2.84. The molecule has 0 radical (unpaired) electrons. The smallest absolute Gasteiger partial charge is 0.305 e. The molecule has 96 valence electrons. The predicted molar refractivity (Wildman–Crippen MR) is 64.6 cm³/mol. The average molecular weight is 252 g/mol. The molecule has 1 N–H and O–H groups in total. The molecule has 1 fully saturated rings. The highest BCUT2D eigenvalue weighted by molar-refractivity contribution is 5.76. The first-order chi connectivity index (χ1) is 8.68. The minimum absolute atomic E-state index is 0.0173. The number of halogens is 2. The van der Waals surface area contributed by atoms with E-state index in [4.69, 9.17) is 0 Å². The number of rotatable bonds is 1. The number of nitrogens with one attached hydrogen (secondary N) is 1. The topological polar surface area (TPSA) is 37.8 Å². The highest BCUT2D eigenvalue weighted by Gasteiger charge is 2.22. The van der Waals surface area contributed by atoms with Crippen molar-refractivity contribution in [2.24, 2.45) is 0 Å². The van der Waals surface area contributed by atoms with E-state index in [1.807, 2.05) is 0 Å². The number of aromatic amines is 1.